The molecule has 1 aromatic rings. The van der Waals surface area contributed by atoms with E-state index in [1.54, 1.807) is 12.1 Å². The molecule has 154 valence electrons. The van der Waals surface area contributed by atoms with Crippen LogP contribution in [0.1, 0.15) is 17.5 Å². The van der Waals surface area contributed by atoms with Gasteiger partial charge in [0.1, 0.15) is 10.6 Å². The first-order chi connectivity index (χ1) is 12.5. The van der Waals surface area contributed by atoms with Gasteiger partial charge in [-0.2, -0.15) is 0 Å². The summed E-state index contributed by atoms with van der Waals surface area (Å²) < 4.78 is 56.3. The SMILES string of the molecule is COc1cc(C)c(C)cc1S(=O)(=O)[C@H]1CS(=O)(=O)C[C@@H]1NCCCN(C)C. The fourth-order valence-electron chi connectivity index (χ4n) is 3.30. The molecule has 0 saturated carbocycles. The number of ether oxygens (including phenoxy) is 1. The Morgan fingerprint density at radius 3 is 2.41 bits per heavy atom. The van der Waals surface area contributed by atoms with Gasteiger partial charge in [0.15, 0.2) is 19.7 Å². The topological polar surface area (TPSA) is 92.8 Å². The van der Waals surface area contributed by atoms with Crippen LogP contribution in [0.3, 0.4) is 0 Å². The fraction of sp³-hybridized carbons (Fsp3) is 0.667. The van der Waals surface area contributed by atoms with Crippen molar-refractivity contribution in [2.45, 2.75) is 36.5 Å². The summed E-state index contributed by atoms with van der Waals surface area (Å²) in [5.74, 6) is -0.267. The van der Waals surface area contributed by atoms with E-state index in [9.17, 15) is 16.8 Å². The number of nitrogens with zero attached hydrogens (tertiary/aromatic N) is 1. The van der Waals surface area contributed by atoms with Crippen molar-refractivity contribution in [3.05, 3.63) is 23.3 Å². The third-order valence-electron chi connectivity index (χ3n) is 4.97. The van der Waals surface area contributed by atoms with Crippen LogP contribution in [0.25, 0.3) is 0 Å². The first-order valence-electron chi connectivity index (χ1n) is 8.95. The molecule has 1 fully saturated rings. The number of aryl methyl sites for hydroxylation is 2. The van der Waals surface area contributed by atoms with Gasteiger partial charge in [0.2, 0.25) is 0 Å². The number of benzene rings is 1. The van der Waals surface area contributed by atoms with E-state index < -0.39 is 31.0 Å². The summed E-state index contributed by atoms with van der Waals surface area (Å²) in [6.45, 7) is 5.11. The second-order valence-corrected chi connectivity index (χ2v) is 11.8. The summed E-state index contributed by atoms with van der Waals surface area (Å²) in [4.78, 5) is 2.09. The summed E-state index contributed by atoms with van der Waals surface area (Å²) in [5, 5.41) is 2.14. The van der Waals surface area contributed by atoms with Gasteiger partial charge in [0, 0.05) is 6.04 Å². The van der Waals surface area contributed by atoms with E-state index in [2.05, 4.69) is 5.32 Å². The average molecular weight is 419 g/mol. The Balaban J connectivity index is 2.33. The second-order valence-electron chi connectivity index (χ2n) is 7.47. The minimum absolute atomic E-state index is 0.0651. The molecule has 1 saturated heterocycles. The molecule has 0 radical (unpaired) electrons. The van der Waals surface area contributed by atoms with Gasteiger partial charge in [0.05, 0.1) is 23.9 Å². The zero-order chi connectivity index (χ0) is 20.4. The highest BCUT2D eigenvalue weighted by molar-refractivity contribution is 7.96. The molecule has 0 unspecified atom stereocenters. The average Bonchev–Trinajstić information content (AvgIpc) is 2.89. The maximum atomic E-state index is 13.3. The lowest BCUT2D eigenvalue weighted by atomic mass is 10.1. The largest absolute Gasteiger partial charge is 0.495 e. The molecule has 27 heavy (non-hydrogen) atoms. The second kappa shape index (κ2) is 8.46. The molecule has 2 atom stereocenters. The molecule has 0 aliphatic carbocycles. The number of hydrogen-bond donors (Lipinski definition) is 1. The number of hydrogen-bond acceptors (Lipinski definition) is 7. The minimum Gasteiger partial charge on any atom is -0.495 e. The van der Waals surface area contributed by atoms with Crippen LogP contribution in [-0.2, 0) is 19.7 Å². The van der Waals surface area contributed by atoms with Crippen LogP contribution in [0.4, 0.5) is 0 Å². The summed E-state index contributed by atoms with van der Waals surface area (Å²) in [7, 11) is -1.95. The lowest BCUT2D eigenvalue weighted by Crippen LogP contribution is -2.44. The van der Waals surface area contributed by atoms with Crippen LogP contribution in [0, 0.1) is 13.8 Å². The monoisotopic (exact) mass is 418 g/mol. The predicted molar refractivity (Wildman–Crippen MR) is 107 cm³/mol. The van der Waals surface area contributed by atoms with Crippen LogP contribution in [0.5, 0.6) is 5.75 Å². The van der Waals surface area contributed by atoms with E-state index in [4.69, 9.17) is 4.74 Å². The van der Waals surface area contributed by atoms with Gasteiger partial charge in [-0.25, -0.2) is 16.8 Å². The van der Waals surface area contributed by atoms with Gasteiger partial charge >= 0.3 is 0 Å². The number of methoxy groups -OCH3 is 1. The first-order valence-corrected chi connectivity index (χ1v) is 12.3. The zero-order valence-electron chi connectivity index (χ0n) is 16.6. The zero-order valence-corrected chi connectivity index (χ0v) is 18.3. The highest BCUT2D eigenvalue weighted by atomic mass is 32.2. The molecule has 0 bridgehead atoms. The molecule has 7 nitrogen and oxygen atoms in total. The third-order valence-corrected chi connectivity index (χ3v) is 9.14. The molecule has 1 aromatic carbocycles. The fourth-order valence-corrected chi connectivity index (χ4v) is 8.24. The molecule has 1 heterocycles. The van der Waals surface area contributed by atoms with Crippen LogP contribution < -0.4 is 10.1 Å². The standard InChI is InChI=1S/C18H30N2O5S2/c1-13-9-16(25-5)17(10-14(13)2)27(23,24)18-12-26(21,22)11-15(18)19-7-6-8-20(3)4/h9-10,15,18-19H,6-8,11-12H2,1-5H3/t15-,18-/m0/s1. The Hall–Kier alpha value is -1.16. The lowest BCUT2D eigenvalue weighted by Gasteiger charge is -2.22. The van der Waals surface area contributed by atoms with Gasteiger partial charge in [-0.05, 0) is 70.7 Å². The molecule has 0 spiro atoms. The lowest BCUT2D eigenvalue weighted by molar-refractivity contribution is 0.388. The van der Waals surface area contributed by atoms with Crippen LogP contribution in [-0.4, -0.2) is 78.8 Å². The molecule has 0 amide bonds. The van der Waals surface area contributed by atoms with Crippen molar-refractivity contribution >= 4 is 19.7 Å². The molecule has 9 heteroatoms. The van der Waals surface area contributed by atoms with E-state index in [0.29, 0.717) is 6.54 Å². The Labute approximate surface area is 162 Å². The molecule has 1 N–H and O–H groups in total. The smallest absolute Gasteiger partial charge is 0.187 e. The van der Waals surface area contributed by atoms with Crippen molar-refractivity contribution in [1.82, 2.24) is 10.2 Å². The third kappa shape index (κ3) is 5.22. The number of nitrogens with one attached hydrogen (secondary N) is 1. The molecular weight excluding hydrogens is 388 g/mol. The van der Waals surface area contributed by atoms with E-state index in [0.717, 1.165) is 24.1 Å². The molecular formula is C18H30N2O5S2. The molecule has 1 aliphatic rings. The van der Waals surface area contributed by atoms with E-state index >= 15 is 0 Å². The van der Waals surface area contributed by atoms with Crippen molar-refractivity contribution in [2.24, 2.45) is 0 Å². The maximum absolute atomic E-state index is 13.3. The van der Waals surface area contributed by atoms with Gasteiger partial charge in [0.25, 0.3) is 0 Å². The van der Waals surface area contributed by atoms with Crippen molar-refractivity contribution in [1.29, 1.82) is 0 Å². The Morgan fingerprint density at radius 2 is 1.81 bits per heavy atom. The predicted octanol–water partition coefficient (Wildman–Crippen LogP) is 0.793. The summed E-state index contributed by atoms with van der Waals surface area (Å²) in [6, 6.07) is 2.65. The molecule has 1 aliphatic heterocycles. The molecule has 2 rings (SSSR count). The van der Waals surface area contributed by atoms with Crippen LogP contribution in [0.15, 0.2) is 17.0 Å². The van der Waals surface area contributed by atoms with Gasteiger partial charge in [-0.15, -0.1) is 0 Å². The molecule has 0 aromatic heterocycles. The van der Waals surface area contributed by atoms with Gasteiger partial charge in [-0.1, -0.05) is 0 Å². The Morgan fingerprint density at radius 1 is 1.19 bits per heavy atom. The first kappa shape index (κ1) is 22.1. The summed E-state index contributed by atoms with van der Waals surface area (Å²) in [6.07, 6.45) is 0.809. The highest BCUT2D eigenvalue weighted by Gasteiger charge is 2.46. The summed E-state index contributed by atoms with van der Waals surface area (Å²) >= 11 is 0. The Kier molecular flexibility index (Phi) is 6.94. The summed E-state index contributed by atoms with van der Waals surface area (Å²) in [5.41, 5.74) is 1.74. The van der Waals surface area contributed by atoms with E-state index in [-0.39, 0.29) is 22.2 Å². The quantitative estimate of drug-likeness (QED) is 0.624. The minimum atomic E-state index is -3.87. The number of sulfone groups is 2. The van der Waals surface area contributed by atoms with Crippen LogP contribution in [0.2, 0.25) is 0 Å². The van der Waals surface area contributed by atoms with Crippen molar-refractivity contribution in [3.8, 4) is 5.75 Å². The van der Waals surface area contributed by atoms with Crippen molar-refractivity contribution in [2.75, 3.05) is 45.8 Å². The number of rotatable bonds is 8. The maximum Gasteiger partial charge on any atom is 0.187 e. The van der Waals surface area contributed by atoms with E-state index in [1.165, 1.54) is 7.11 Å². The highest BCUT2D eigenvalue weighted by Crippen LogP contribution is 2.33. The van der Waals surface area contributed by atoms with E-state index in [1.807, 2.05) is 32.8 Å². The van der Waals surface area contributed by atoms with Crippen molar-refractivity contribution < 1.29 is 21.6 Å². The normalized spacial score (nSPS) is 22.3. The van der Waals surface area contributed by atoms with Crippen molar-refractivity contribution in [3.63, 3.8) is 0 Å². The van der Waals surface area contributed by atoms with Gasteiger partial charge in [-0.3, -0.25) is 0 Å². The van der Waals surface area contributed by atoms with Gasteiger partial charge < -0.3 is 15.0 Å². The Bertz CT molecular complexity index is 879. The van der Waals surface area contributed by atoms with Crippen LogP contribution >= 0.6 is 0 Å².